The molecule has 9 heteroatoms. The van der Waals surface area contributed by atoms with Crippen molar-refractivity contribution in [3.8, 4) is 23.3 Å². The number of nitriles is 1. The first-order valence-corrected chi connectivity index (χ1v) is 10.0. The van der Waals surface area contributed by atoms with E-state index in [0.29, 0.717) is 34.9 Å². The van der Waals surface area contributed by atoms with E-state index in [1.165, 1.54) is 6.07 Å². The Morgan fingerprint density at radius 3 is 2.39 bits per heavy atom. The van der Waals surface area contributed by atoms with Gasteiger partial charge >= 0.3 is 5.69 Å². The fourth-order valence-electron chi connectivity index (χ4n) is 3.45. The van der Waals surface area contributed by atoms with Crippen molar-refractivity contribution in [1.29, 1.82) is 5.26 Å². The Balaban J connectivity index is 1.68. The topological polar surface area (TPSA) is 123 Å². The van der Waals surface area contributed by atoms with E-state index in [1.807, 2.05) is 30.3 Å². The maximum absolute atomic E-state index is 12.3. The number of aromatic nitrogens is 4. The average Bonchev–Trinajstić information content (AvgIpc) is 2.79. The zero-order chi connectivity index (χ0) is 23.5. The molecule has 0 atom stereocenters. The minimum atomic E-state index is -0.835. The molecule has 0 bridgehead atoms. The van der Waals surface area contributed by atoms with Crippen LogP contribution < -0.4 is 21.5 Å². The maximum Gasteiger partial charge on any atom is 0.349 e. The second-order valence-electron chi connectivity index (χ2n) is 7.46. The van der Waals surface area contributed by atoms with E-state index >= 15 is 0 Å². The van der Waals surface area contributed by atoms with Crippen LogP contribution in [0, 0.1) is 25.2 Å². The van der Waals surface area contributed by atoms with Crippen molar-refractivity contribution in [3.05, 3.63) is 114 Å². The van der Waals surface area contributed by atoms with Crippen LogP contribution in [0.15, 0.2) is 75.2 Å². The summed E-state index contributed by atoms with van der Waals surface area (Å²) in [6.07, 6.45) is 1.65. The van der Waals surface area contributed by atoms with Gasteiger partial charge in [-0.1, -0.05) is 30.3 Å². The molecule has 0 aliphatic heterocycles. The number of aromatic amines is 1. The van der Waals surface area contributed by atoms with Gasteiger partial charge in [0.15, 0.2) is 0 Å². The quantitative estimate of drug-likeness (QED) is 0.507. The number of nitrogens with zero attached hydrogens (tertiary/aromatic N) is 4. The molecule has 1 N–H and O–H groups in total. The molecule has 4 rings (SSSR count). The van der Waals surface area contributed by atoms with Crippen LogP contribution in [0.5, 0.6) is 11.5 Å². The van der Waals surface area contributed by atoms with Crippen molar-refractivity contribution in [2.45, 2.75) is 20.4 Å². The first-order valence-electron chi connectivity index (χ1n) is 10.0. The van der Waals surface area contributed by atoms with Crippen LogP contribution in [0.25, 0.3) is 5.69 Å². The van der Waals surface area contributed by atoms with Crippen LogP contribution in [-0.4, -0.2) is 19.3 Å². The summed E-state index contributed by atoms with van der Waals surface area (Å²) >= 11 is 0. The Kier molecular flexibility index (Phi) is 5.74. The standard InChI is InChI=1S/C24H19N5O4/c1-15-10-18(29-24(32)26-23(31)20(12-25)27-29)11-16(2)22(15)33-19-8-9-21(30)28(14-19)13-17-6-4-3-5-7-17/h3-11,14H,13H2,1-2H3,(H,26,31,32). The highest BCUT2D eigenvalue weighted by atomic mass is 16.5. The van der Waals surface area contributed by atoms with Gasteiger partial charge < -0.3 is 9.30 Å². The average molecular weight is 441 g/mol. The lowest BCUT2D eigenvalue weighted by Crippen LogP contribution is -2.33. The summed E-state index contributed by atoms with van der Waals surface area (Å²) < 4.78 is 8.61. The Labute approximate surface area is 187 Å². The molecule has 2 heterocycles. The fourth-order valence-corrected chi connectivity index (χ4v) is 3.45. The van der Waals surface area contributed by atoms with Gasteiger partial charge in [-0.05, 0) is 48.7 Å². The second kappa shape index (κ2) is 8.80. The van der Waals surface area contributed by atoms with Crippen molar-refractivity contribution in [3.63, 3.8) is 0 Å². The minimum Gasteiger partial charge on any atom is -0.455 e. The Morgan fingerprint density at radius 1 is 1.03 bits per heavy atom. The van der Waals surface area contributed by atoms with Gasteiger partial charge in [-0.15, -0.1) is 5.10 Å². The molecule has 0 unspecified atom stereocenters. The maximum atomic E-state index is 12.3. The number of hydrogen-bond donors (Lipinski definition) is 1. The fraction of sp³-hybridized carbons (Fsp3) is 0.125. The highest BCUT2D eigenvalue weighted by molar-refractivity contribution is 5.50. The molecule has 0 saturated heterocycles. The largest absolute Gasteiger partial charge is 0.455 e. The van der Waals surface area contributed by atoms with E-state index in [9.17, 15) is 14.4 Å². The zero-order valence-electron chi connectivity index (χ0n) is 17.9. The lowest BCUT2D eigenvalue weighted by Gasteiger charge is -2.15. The van der Waals surface area contributed by atoms with Gasteiger partial charge in [-0.25, -0.2) is 4.79 Å². The smallest absolute Gasteiger partial charge is 0.349 e. The molecule has 4 aromatic rings. The van der Waals surface area contributed by atoms with Crippen molar-refractivity contribution >= 4 is 0 Å². The predicted octanol–water partition coefficient (Wildman–Crippen LogP) is 2.41. The Bertz CT molecular complexity index is 1540. The van der Waals surface area contributed by atoms with Crippen LogP contribution in [0.1, 0.15) is 22.4 Å². The Hall–Kier alpha value is -4.71. The number of ether oxygens (including phenoxy) is 1. The van der Waals surface area contributed by atoms with Gasteiger partial charge in [0.25, 0.3) is 11.1 Å². The van der Waals surface area contributed by atoms with Crippen LogP contribution in [0.3, 0.4) is 0 Å². The van der Waals surface area contributed by atoms with Crippen LogP contribution >= 0.6 is 0 Å². The lowest BCUT2D eigenvalue weighted by atomic mass is 10.1. The molecule has 0 amide bonds. The number of H-pyrrole nitrogens is 1. The number of hydrogen-bond acceptors (Lipinski definition) is 6. The summed E-state index contributed by atoms with van der Waals surface area (Å²) in [5, 5.41) is 12.9. The van der Waals surface area contributed by atoms with E-state index in [1.54, 1.807) is 48.9 Å². The van der Waals surface area contributed by atoms with Crippen LogP contribution in [0.4, 0.5) is 0 Å². The predicted molar refractivity (Wildman–Crippen MR) is 121 cm³/mol. The minimum absolute atomic E-state index is 0.146. The molecule has 0 radical (unpaired) electrons. The first-order chi connectivity index (χ1) is 15.9. The molecular weight excluding hydrogens is 422 g/mol. The first kappa shape index (κ1) is 21.5. The molecule has 0 fully saturated rings. The van der Waals surface area contributed by atoms with E-state index in [4.69, 9.17) is 10.00 Å². The van der Waals surface area contributed by atoms with Gasteiger partial charge in [-0.3, -0.25) is 14.6 Å². The number of pyridine rings is 1. The molecule has 0 aliphatic carbocycles. The Morgan fingerprint density at radius 2 is 1.73 bits per heavy atom. The molecule has 33 heavy (non-hydrogen) atoms. The monoisotopic (exact) mass is 441 g/mol. The van der Waals surface area contributed by atoms with Gasteiger partial charge in [0.2, 0.25) is 5.69 Å². The SMILES string of the molecule is Cc1cc(-n2nc(C#N)c(=O)[nH]c2=O)cc(C)c1Oc1ccc(=O)n(Cc2ccccc2)c1. The van der Waals surface area contributed by atoms with E-state index in [-0.39, 0.29) is 5.56 Å². The number of benzene rings is 2. The third-order valence-corrected chi connectivity index (χ3v) is 5.00. The van der Waals surface area contributed by atoms with Gasteiger partial charge in [0, 0.05) is 6.07 Å². The highest BCUT2D eigenvalue weighted by Gasteiger charge is 2.13. The van der Waals surface area contributed by atoms with E-state index in [2.05, 4.69) is 10.1 Å². The molecule has 0 saturated carbocycles. The summed E-state index contributed by atoms with van der Waals surface area (Å²) in [6.45, 7) is 4.01. The number of nitrogens with one attached hydrogen (secondary N) is 1. The summed E-state index contributed by atoms with van der Waals surface area (Å²) in [4.78, 5) is 38.2. The van der Waals surface area contributed by atoms with Crippen molar-refractivity contribution in [2.24, 2.45) is 0 Å². The summed E-state index contributed by atoms with van der Waals surface area (Å²) in [7, 11) is 0. The van der Waals surface area contributed by atoms with Gasteiger partial charge in [0.1, 0.15) is 17.6 Å². The molecule has 2 aromatic carbocycles. The van der Waals surface area contributed by atoms with Crippen molar-refractivity contribution in [2.75, 3.05) is 0 Å². The second-order valence-corrected chi connectivity index (χ2v) is 7.46. The van der Waals surface area contributed by atoms with Gasteiger partial charge in [0.05, 0.1) is 18.4 Å². The third-order valence-electron chi connectivity index (χ3n) is 5.00. The molecule has 164 valence electrons. The number of aryl methyl sites for hydroxylation is 2. The van der Waals surface area contributed by atoms with Crippen LogP contribution in [-0.2, 0) is 6.54 Å². The van der Waals surface area contributed by atoms with Gasteiger partial charge in [-0.2, -0.15) is 9.94 Å². The van der Waals surface area contributed by atoms with E-state index in [0.717, 1.165) is 10.2 Å². The molecule has 0 spiro atoms. The normalized spacial score (nSPS) is 10.6. The third kappa shape index (κ3) is 4.50. The molecular formula is C24H19N5O4. The number of rotatable bonds is 5. The van der Waals surface area contributed by atoms with E-state index < -0.39 is 16.9 Å². The summed E-state index contributed by atoms with van der Waals surface area (Å²) in [5.41, 5.74) is 0.622. The summed E-state index contributed by atoms with van der Waals surface area (Å²) in [5.74, 6) is 1.04. The molecule has 0 aliphatic rings. The zero-order valence-corrected chi connectivity index (χ0v) is 17.9. The lowest BCUT2D eigenvalue weighted by molar-refractivity contribution is 0.467. The van der Waals surface area contributed by atoms with Crippen molar-refractivity contribution in [1.82, 2.24) is 19.3 Å². The molecule has 9 nitrogen and oxygen atoms in total. The molecule has 2 aromatic heterocycles. The highest BCUT2D eigenvalue weighted by Crippen LogP contribution is 2.30. The van der Waals surface area contributed by atoms with Crippen molar-refractivity contribution < 1.29 is 4.74 Å². The summed E-state index contributed by atoms with van der Waals surface area (Å²) in [6, 6.07) is 17.7. The van der Waals surface area contributed by atoms with Crippen LogP contribution in [0.2, 0.25) is 0 Å².